The van der Waals surface area contributed by atoms with Crippen LogP contribution in [-0.4, -0.2) is 33.4 Å². The van der Waals surface area contributed by atoms with Gasteiger partial charge in [0.05, 0.1) is 0 Å². The highest BCUT2D eigenvalue weighted by molar-refractivity contribution is 7.99. The Balaban J connectivity index is 1.78. The first-order valence-electron chi connectivity index (χ1n) is 7.87. The molecule has 0 atom stereocenters. The number of hydrogen-bond donors (Lipinski definition) is 1. The molecule has 2 aromatic rings. The zero-order valence-electron chi connectivity index (χ0n) is 14.0. The quantitative estimate of drug-likeness (QED) is 0.349. The van der Waals surface area contributed by atoms with Gasteiger partial charge in [0.1, 0.15) is 10.6 Å². The van der Waals surface area contributed by atoms with Crippen LogP contribution in [-0.2, 0) is 9.59 Å². The molecule has 0 saturated carbocycles. The number of thiocarbonyl (C=S) groups is 1. The summed E-state index contributed by atoms with van der Waals surface area (Å²) < 4.78 is 0. The van der Waals surface area contributed by atoms with Gasteiger partial charge in [0.15, 0.2) is 5.11 Å². The van der Waals surface area contributed by atoms with Crippen molar-refractivity contribution >= 4 is 58.6 Å². The second-order valence-corrected chi connectivity index (χ2v) is 7.42. The molecular weight excluding hydrogens is 402 g/mol. The van der Waals surface area contributed by atoms with Gasteiger partial charge in [-0.25, -0.2) is 4.98 Å². The van der Waals surface area contributed by atoms with E-state index >= 15 is 0 Å². The summed E-state index contributed by atoms with van der Waals surface area (Å²) in [5, 5.41) is 4.05. The monoisotopic (exact) mass is 415 g/mol. The summed E-state index contributed by atoms with van der Waals surface area (Å²) in [5.41, 5.74) is 0.644. The number of amides is 2. The molecular formula is C19H14ClN3O2S2. The number of carbonyl (C=O) groups is 2. The third kappa shape index (κ3) is 4.63. The second-order valence-electron chi connectivity index (χ2n) is 5.51. The molecule has 3 rings (SSSR count). The van der Waals surface area contributed by atoms with Crippen LogP contribution in [0.3, 0.4) is 0 Å². The third-order valence-electron chi connectivity index (χ3n) is 3.60. The summed E-state index contributed by atoms with van der Waals surface area (Å²) in [6.45, 7) is 3.82. The Morgan fingerprint density at radius 1 is 1.22 bits per heavy atom. The van der Waals surface area contributed by atoms with Crippen molar-refractivity contribution in [2.75, 3.05) is 6.54 Å². The standard InChI is InChI=1S/C19H14ClN3O2S2/c1-2-9-23-18(25)15(17(24)22-19(23)26)10-12-3-8-16(21-11-12)27-14-6-4-13(20)5-7-14/h2-8,10-11H,1,9H2,(H,22,24,26). The highest BCUT2D eigenvalue weighted by Crippen LogP contribution is 2.27. The van der Waals surface area contributed by atoms with Crippen molar-refractivity contribution in [2.24, 2.45) is 0 Å². The molecule has 0 radical (unpaired) electrons. The average Bonchev–Trinajstić information content (AvgIpc) is 2.65. The molecule has 1 aromatic heterocycles. The molecule has 1 N–H and O–H groups in total. The number of nitrogens with one attached hydrogen (secondary N) is 1. The molecule has 2 heterocycles. The smallest absolute Gasteiger partial charge is 0.265 e. The maximum atomic E-state index is 12.5. The molecule has 1 fully saturated rings. The van der Waals surface area contributed by atoms with Gasteiger partial charge in [0.25, 0.3) is 11.8 Å². The van der Waals surface area contributed by atoms with Crippen LogP contribution in [0, 0.1) is 0 Å². The van der Waals surface area contributed by atoms with E-state index in [1.54, 1.807) is 18.3 Å². The third-order valence-corrected chi connectivity index (χ3v) is 5.14. The molecule has 1 aliphatic heterocycles. The van der Waals surface area contributed by atoms with Crippen molar-refractivity contribution in [3.05, 3.63) is 71.4 Å². The number of carbonyl (C=O) groups excluding carboxylic acids is 2. The van der Waals surface area contributed by atoms with Crippen LogP contribution in [0.1, 0.15) is 5.56 Å². The van der Waals surface area contributed by atoms with Crippen LogP contribution in [0.25, 0.3) is 6.08 Å². The first kappa shape index (κ1) is 19.3. The van der Waals surface area contributed by atoms with Crippen molar-refractivity contribution in [3.8, 4) is 0 Å². The van der Waals surface area contributed by atoms with Gasteiger partial charge in [0, 0.05) is 22.7 Å². The second kappa shape index (κ2) is 8.47. The lowest BCUT2D eigenvalue weighted by Crippen LogP contribution is -2.53. The van der Waals surface area contributed by atoms with Crippen LogP contribution >= 0.6 is 35.6 Å². The number of pyridine rings is 1. The van der Waals surface area contributed by atoms with E-state index in [0.29, 0.717) is 10.6 Å². The Kier molecular flexibility index (Phi) is 6.05. The van der Waals surface area contributed by atoms with Crippen LogP contribution < -0.4 is 5.32 Å². The van der Waals surface area contributed by atoms with Crippen molar-refractivity contribution in [1.29, 1.82) is 0 Å². The molecule has 27 heavy (non-hydrogen) atoms. The van der Waals surface area contributed by atoms with Crippen LogP contribution in [0.15, 0.2) is 70.7 Å². The number of aromatic nitrogens is 1. The SMILES string of the molecule is C=CCN1C(=O)C(=Cc2ccc(Sc3ccc(Cl)cc3)nc2)C(=O)NC1=S. The van der Waals surface area contributed by atoms with E-state index in [1.807, 2.05) is 30.3 Å². The predicted octanol–water partition coefficient (Wildman–Crippen LogP) is 3.70. The van der Waals surface area contributed by atoms with Crippen molar-refractivity contribution < 1.29 is 9.59 Å². The maximum absolute atomic E-state index is 12.5. The molecule has 2 amide bonds. The summed E-state index contributed by atoms with van der Waals surface area (Å²) in [4.78, 5) is 31.3. The Labute approximate surface area is 171 Å². The lowest BCUT2D eigenvalue weighted by Gasteiger charge is -2.27. The van der Waals surface area contributed by atoms with Gasteiger partial charge < -0.3 is 0 Å². The van der Waals surface area contributed by atoms with Crippen molar-refractivity contribution in [2.45, 2.75) is 9.92 Å². The van der Waals surface area contributed by atoms with Gasteiger partial charge in [-0.05, 0) is 54.2 Å². The van der Waals surface area contributed by atoms with Gasteiger partial charge in [-0.3, -0.25) is 19.8 Å². The van der Waals surface area contributed by atoms with E-state index < -0.39 is 11.8 Å². The molecule has 1 aromatic carbocycles. The Bertz CT molecular complexity index is 940. The topological polar surface area (TPSA) is 62.3 Å². The molecule has 5 nitrogen and oxygen atoms in total. The molecule has 1 aliphatic rings. The van der Waals surface area contributed by atoms with Crippen LogP contribution in [0.4, 0.5) is 0 Å². The lowest BCUT2D eigenvalue weighted by molar-refractivity contribution is -0.128. The predicted molar refractivity (Wildman–Crippen MR) is 110 cm³/mol. The summed E-state index contributed by atoms with van der Waals surface area (Å²) in [6, 6.07) is 11.1. The van der Waals surface area contributed by atoms with Crippen molar-refractivity contribution in [1.82, 2.24) is 15.2 Å². The fourth-order valence-corrected chi connectivity index (χ4v) is 3.45. The van der Waals surface area contributed by atoms with E-state index in [1.165, 1.54) is 22.7 Å². The molecule has 0 unspecified atom stereocenters. The first-order chi connectivity index (χ1) is 13.0. The van der Waals surface area contributed by atoms with E-state index in [4.69, 9.17) is 23.8 Å². The number of rotatable bonds is 5. The highest BCUT2D eigenvalue weighted by Gasteiger charge is 2.32. The Morgan fingerprint density at radius 3 is 2.59 bits per heavy atom. The highest BCUT2D eigenvalue weighted by atomic mass is 35.5. The minimum atomic E-state index is -0.523. The first-order valence-corrected chi connectivity index (χ1v) is 9.47. The number of nitrogens with zero attached hydrogens (tertiary/aromatic N) is 2. The zero-order chi connectivity index (χ0) is 19.4. The molecule has 8 heteroatoms. The van der Waals surface area contributed by atoms with Crippen LogP contribution in [0.5, 0.6) is 0 Å². The molecule has 0 bridgehead atoms. The Hall–Kier alpha value is -2.48. The summed E-state index contributed by atoms with van der Waals surface area (Å²) >= 11 is 12.4. The van der Waals surface area contributed by atoms with E-state index in [0.717, 1.165) is 9.92 Å². The fourth-order valence-electron chi connectivity index (χ4n) is 2.32. The van der Waals surface area contributed by atoms with E-state index in [2.05, 4.69) is 16.9 Å². The molecule has 0 aliphatic carbocycles. The molecule has 1 saturated heterocycles. The van der Waals surface area contributed by atoms with Gasteiger partial charge in [-0.1, -0.05) is 35.5 Å². The Morgan fingerprint density at radius 2 is 1.96 bits per heavy atom. The minimum Gasteiger partial charge on any atom is -0.298 e. The summed E-state index contributed by atoms with van der Waals surface area (Å²) in [5.74, 6) is -0.979. The van der Waals surface area contributed by atoms with E-state index in [9.17, 15) is 9.59 Å². The fraction of sp³-hybridized carbons (Fsp3) is 0.0526. The number of hydrogen-bond acceptors (Lipinski definition) is 5. The normalized spacial score (nSPS) is 15.8. The average molecular weight is 416 g/mol. The van der Waals surface area contributed by atoms with Gasteiger partial charge in [-0.2, -0.15) is 0 Å². The van der Waals surface area contributed by atoms with Gasteiger partial charge in [-0.15, -0.1) is 6.58 Å². The zero-order valence-corrected chi connectivity index (χ0v) is 16.4. The number of benzene rings is 1. The summed E-state index contributed by atoms with van der Waals surface area (Å²) in [7, 11) is 0. The summed E-state index contributed by atoms with van der Waals surface area (Å²) in [6.07, 6.45) is 4.65. The molecule has 136 valence electrons. The molecule has 0 spiro atoms. The van der Waals surface area contributed by atoms with Crippen LogP contribution in [0.2, 0.25) is 5.02 Å². The lowest BCUT2D eigenvalue weighted by atomic mass is 10.1. The van der Waals surface area contributed by atoms with E-state index in [-0.39, 0.29) is 17.2 Å². The van der Waals surface area contributed by atoms with Gasteiger partial charge >= 0.3 is 0 Å². The van der Waals surface area contributed by atoms with Crippen molar-refractivity contribution in [3.63, 3.8) is 0 Å². The van der Waals surface area contributed by atoms with Gasteiger partial charge in [0.2, 0.25) is 0 Å². The minimum absolute atomic E-state index is 0.00496. The largest absolute Gasteiger partial charge is 0.298 e. The number of halogens is 1. The maximum Gasteiger partial charge on any atom is 0.265 e.